The van der Waals surface area contributed by atoms with Crippen molar-refractivity contribution in [2.24, 2.45) is 0 Å². The molecule has 0 bridgehead atoms. The summed E-state index contributed by atoms with van der Waals surface area (Å²) in [4.78, 5) is 38.2. The highest BCUT2D eigenvalue weighted by Gasteiger charge is 2.19. The van der Waals surface area contributed by atoms with Crippen LogP contribution in [-0.2, 0) is 28.6 Å². The summed E-state index contributed by atoms with van der Waals surface area (Å²) in [6.45, 7) is 6.67. The van der Waals surface area contributed by atoms with Crippen molar-refractivity contribution < 1.29 is 28.6 Å². The second-order valence-corrected chi connectivity index (χ2v) is 20.3. The summed E-state index contributed by atoms with van der Waals surface area (Å²) in [5, 5.41) is 0. The topological polar surface area (TPSA) is 78.9 Å². The van der Waals surface area contributed by atoms with Crippen molar-refractivity contribution in [1.29, 1.82) is 0 Å². The Kier molecular flexibility index (Phi) is 54.7. The molecule has 0 radical (unpaired) electrons. The fraction of sp³-hybridized carbons (Fsp3) is 0.885. The summed E-state index contributed by atoms with van der Waals surface area (Å²) < 4.78 is 16.9. The molecule has 0 saturated carbocycles. The number of hydrogen-bond acceptors (Lipinski definition) is 6. The monoisotopic (exact) mass is 943 g/mol. The largest absolute Gasteiger partial charge is 0.462 e. The Labute approximate surface area is 417 Å². The van der Waals surface area contributed by atoms with Gasteiger partial charge in [-0.15, -0.1) is 0 Å². The van der Waals surface area contributed by atoms with Crippen molar-refractivity contribution in [2.75, 3.05) is 13.2 Å². The van der Waals surface area contributed by atoms with Gasteiger partial charge in [-0.25, -0.2) is 0 Å². The van der Waals surface area contributed by atoms with Crippen LogP contribution in [0.4, 0.5) is 0 Å². The Morgan fingerprint density at radius 1 is 0.284 bits per heavy atom. The quantitative estimate of drug-likeness (QED) is 0.0262. The van der Waals surface area contributed by atoms with E-state index in [1.54, 1.807) is 0 Å². The van der Waals surface area contributed by atoms with Gasteiger partial charge in [0.15, 0.2) is 6.10 Å². The van der Waals surface area contributed by atoms with Crippen LogP contribution in [0.2, 0.25) is 0 Å². The van der Waals surface area contributed by atoms with Gasteiger partial charge in [-0.2, -0.15) is 0 Å². The summed E-state index contributed by atoms with van der Waals surface area (Å²) in [6.07, 6.45) is 66.0. The number of carbonyl (C=O) groups excluding carboxylic acids is 3. The Hall–Kier alpha value is -2.11. The fourth-order valence-electron chi connectivity index (χ4n) is 8.91. The van der Waals surface area contributed by atoms with E-state index in [0.717, 1.165) is 64.2 Å². The minimum absolute atomic E-state index is 0.0710. The average molecular weight is 944 g/mol. The number of allylic oxidation sites excluding steroid dienone is 4. The molecule has 0 fully saturated rings. The molecule has 0 heterocycles. The number of carbonyl (C=O) groups is 3. The van der Waals surface area contributed by atoms with Gasteiger partial charge in [-0.1, -0.05) is 263 Å². The first kappa shape index (κ1) is 64.9. The minimum atomic E-state index is -0.773. The maximum Gasteiger partial charge on any atom is 0.306 e. The zero-order chi connectivity index (χ0) is 48.6. The van der Waals surface area contributed by atoms with Crippen LogP contribution in [0, 0.1) is 0 Å². The molecule has 0 N–H and O–H groups in total. The summed E-state index contributed by atoms with van der Waals surface area (Å²) in [7, 11) is 0. The van der Waals surface area contributed by atoms with Gasteiger partial charge >= 0.3 is 17.9 Å². The predicted molar refractivity (Wildman–Crippen MR) is 289 cm³/mol. The number of hydrogen-bond donors (Lipinski definition) is 0. The van der Waals surface area contributed by atoms with Crippen molar-refractivity contribution in [2.45, 2.75) is 335 Å². The van der Waals surface area contributed by atoms with Crippen molar-refractivity contribution in [3.63, 3.8) is 0 Å². The molecule has 0 aliphatic rings. The molecule has 1 unspecified atom stereocenters. The maximum absolute atomic E-state index is 12.9. The minimum Gasteiger partial charge on any atom is -0.462 e. The summed E-state index contributed by atoms with van der Waals surface area (Å²) in [5.41, 5.74) is 0. The molecule has 0 amide bonds. The third-order valence-corrected chi connectivity index (χ3v) is 13.4. The molecule has 6 heteroatoms. The number of rotatable bonds is 55. The molecule has 0 rings (SSSR count). The van der Waals surface area contributed by atoms with Crippen LogP contribution < -0.4 is 0 Å². The first-order valence-corrected chi connectivity index (χ1v) is 29.8. The molecule has 0 saturated heterocycles. The molecule has 1 atom stereocenters. The highest BCUT2D eigenvalue weighted by molar-refractivity contribution is 5.71. The molecule has 6 nitrogen and oxygen atoms in total. The van der Waals surface area contributed by atoms with Crippen LogP contribution in [0.1, 0.15) is 329 Å². The van der Waals surface area contributed by atoms with E-state index in [-0.39, 0.29) is 31.1 Å². The van der Waals surface area contributed by atoms with E-state index in [9.17, 15) is 14.4 Å². The van der Waals surface area contributed by atoms with Crippen LogP contribution in [0.25, 0.3) is 0 Å². The van der Waals surface area contributed by atoms with Crippen molar-refractivity contribution >= 4 is 17.9 Å². The van der Waals surface area contributed by atoms with E-state index >= 15 is 0 Å². The van der Waals surface area contributed by atoms with Gasteiger partial charge in [0.25, 0.3) is 0 Å². The van der Waals surface area contributed by atoms with Gasteiger partial charge in [0.05, 0.1) is 0 Å². The molecule has 0 aliphatic heterocycles. The third kappa shape index (κ3) is 54.7. The van der Waals surface area contributed by atoms with Gasteiger partial charge in [-0.05, 0) is 70.6 Å². The van der Waals surface area contributed by atoms with Gasteiger partial charge in [0, 0.05) is 19.3 Å². The molecule has 394 valence electrons. The lowest BCUT2D eigenvalue weighted by Gasteiger charge is -2.18. The zero-order valence-corrected chi connectivity index (χ0v) is 45.2. The highest BCUT2D eigenvalue weighted by atomic mass is 16.6. The van der Waals surface area contributed by atoms with Crippen molar-refractivity contribution in [3.8, 4) is 0 Å². The molecular formula is C61H114O6. The Bertz CT molecular complexity index is 1080. The van der Waals surface area contributed by atoms with E-state index in [4.69, 9.17) is 14.2 Å². The van der Waals surface area contributed by atoms with Crippen LogP contribution in [0.15, 0.2) is 24.3 Å². The SMILES string of the molecule is CCCCCCC/C=C\CCCCCCCC(=O)OCC(COC(=O)CCCCCCCCCCCCCCCCCCCC)OC(=O)CCCCCCCCC/C=C\CCCCCCCC. The smallest absolute Gasteiger partial charge is 0.306 e. The zero-order valence-electron chi connectivity index (χ0n) is 45.2. The van der Waals surface area contributed by atoms with Gasteiger partial charge in [0.1, 0.15) is 13.2 Å². The Morgan fingerprint density at radius 3 is 0.746 bits per heavy atom. The lowest BCUT2D eigenvalue weighted by Crippen LogP contribution is -2.30. The van der Waals surface area contributed by atoms with Crippen LogP contribution in [0.5, 0.6) is 0 Å². The molecular weight excluding hydrogens is 829 g/mol. The molecule has 0 spiro atoms. The van der Waals surface area contributed by atoms with E-state index in [1.807, 2.05) is 0 Å². The van der Waals surface area contributed by atoms with E-state index in [2.05, 4.69) is 45.1 Å². The highest BCUT2D eigenvalue weighted by Crippen LogP contribution is 2.17. The molecule has 0 aliphatic carbocycles. The molecule has 67 heavy (non-hydrogen) atoms. The van der Waals surface area contributed by atoms with Crippen molar-refractivity contribution in [1.82, 2.24) is 0 Å². The summed E-state index contributed by atoms with van der Waals surface area (Å²) in [5.74, 6) is -0.863. The van der Waals surface area contributed by atoms with E-state index in [0.29, 0.717) is 19.3 Å². The van der Waals surface area contributed by atoms with Gasteiger partial charge < -0.3 is 14.2 Å². The second kappa shape index (κ2) is 56.5. The maximum atomic E-state index is 12.9. The predicted octanol–water partition coefficient (Wildman–Crippen LogP) is 19.9. The number of esters is 3. The van der Waals surface area contributed by atoms with E-state index < -0.39 is 6.10 Å². The van der Waals surface area contributed by atoms with Crippen LogP contribution in [0.3, 0.4) is 0 Å². The summed E-state index contributed by atoms with van der Waals surface area (Å²) in [6, 6.07) is 0. The van der Waals surface area contributed by atoms with Gasteiger partial charge in [-0.3, -0.25) is 14.4 Å². The normalized spacial score (nSPS) is 12.1. The van der Waals surface area contributed by atoms with Gasteiger partial charge in [0.2, 0.25) is 0 Å². The third-order valence-electron chi connectivity index (χ3n) is 13.4. The van der Waals surface area contributed by atoms with E-state index in [1.165, 1.54) is 225 Å². The molecule has 0 aromatic heterocycles. The average Bonchev–Trinajstić information content (AvgIpc) is 3.33. The first-order valence-electron chi connectivity index (χ1n) is 29.8. The molecule has 0 aromatic carbocycles. The first-order chi connectivity index (χ1) is 33.0. The second-order valence-electron chi connectivity index (χ2n) is 20.3. The number of ether oxygens (including phenoxy) is 3. The summed E-state index contributed by atoms with van der Waals surface area (Å²) >= 11 is 0. The number of unbranched alkanes of at least 4 members (excludes halogenated alkanes) is 40. The fourth-order valence-corrected chi connectivity index (χ4v) is 8.91. The lowest BCUT2D eigenvalue weighted by atomic mass is 10.0. The standard InChI is InChI=1S/C61H114O6/c1-4-7-10-13-16-19-22-25-28-30-32-33-36-39-42-45-48-51-54-60(63)66-57-58(56-65-59(62)53-50-47-44-41-38-35-27-24-21-18-15-12-9-6-3)67-61(64)55-52-49-46-43-40-37-34-31-29-26-23-20-17-14-11-8-5-2/h24,26-27,29,58H,4-23,25,28,30-57H2,1-3H3/b27-24-,29-26-. The Balaban J connectivity index is 4.33. The van der Waals surface area contributed by atoms with Crippen LogP contribution >= 0.6 is 0 Å². The lowest BCUT2D eigenvalue weighted by molar-refractivity contribution is -0.167. The molecule has 0 aromatic rings. The van der Waals surface area contributed by atoms with Crippen LogP contribution in [-0.4, -0.2) is 37.2 Å². The van der Waals surface area contributed by atoms with Crippen molar-refractivity contribution in [3.05, 3.63) is 24.3 Å². The Morgan fingerprint density at radius 2 is 0.493 bits per heavy atom.